The molecule has 0 radical (unpaired) electrons. The van der Waals surface area contributed by atoms with Crippen LogP contribution in [0.15, 0.2) is 0 Å². The van der Waals surface area contributed by atoms with Gasteiger partial charge < -0.3 is 10.4 Å². The van der Waals surface area contributed by atoms with Crippen LogP contribution in [0.2, 0.25) is 0 Å². The summed E-state index contributed by atoms with van der Waals surface area (Å²) in [6.45, 7) is 2.55. The number of carboxylic acids is 1. The molecule has 11 heavy (non-hydrogen) atoms. The average Bonchev–Trinajstić information content (AvgIpc) is 1.83. The molecule has 0 heterocycles. The van der Waals surface area contributed by atoms with Gasteiger partial charge in [0.15, 0.2) is 0 Å². The SMILES string of the molecule is CC(NCC1CCC1)C(=O)O. The summed E-state index contributed by atoms with van der Waals surface area (Å²) in [7, 11) is 0. The summed E-state index contributed by atoms with van der Waals surface area (Å²) in [5.41, 5.74) is 0. The molecular formula is C8H15NO2. The van der Waals surface area contributed by atoms with E-state index in [1.54, 1.807) is 6.92 Å². The first kappa shape index (κ1) is 8.53. The number of hydrogen-bond donors (Lipinski definition) is 2. The average molecular weight is 157 g/mol. The van der Waals surface area contributed by atoms with Crippen LogP contribution in [0, 0.1) is 5.92 Å². The van der Waals surface area contributed by atoms with Gasteiger partial charge in [0.05, 0.1) is 0 Å². The fourth-order valence-corrected chi connectivity index (χ4v) is 1.13. The lowest BCUT2D eigenvalue weighted by Crippen LogP contribution is -2.38. The Hall–Kier alpha value is -0.570. The summed E-state index contributed by atoms with van der Waals surface area (Å²) in [5, 5.41) is 11.5. The Morgan fingerprint density at radius 3 is 2.73 bits per heavy atom. The van der Waals surface area contributed by atoms with Crippen molar-refractivity contribution >= 4 is 5.97 Å². The fourth-order valence-electron chi connectivity index (χ4n) is 1.13. The van der Waals surface area contributed by atoms with E-state index in [-0.39, 0.29) is 0 Å². The molecule has 0 aliphatic heterocycles. The molecule has 0 aromatic rings. The largest absolute Gasteiger partial charge is 0.480 e. The second kappa shape index (κ2) is 3.72. The zero-order valence-corrected chi connectivity index (χ0v) is 6.84. The van der Waals surface area contributed by atoms with Crippen LogP contribution < -0.4 is 5.32 Å². The molecule has 3 heteroatoms. The molecule has 0 aromatic carbocycles. The highest BCUT2D eigenvalue weighted by Gasteiger charge is 2.19. The van der Waals surface area contributed by atoms with Crippen molar-refractivity contribution in [2.45, 2.75) is 32.2 Å². The highest BCUT2D eigenvalue weighted by Crippen LogP contribution is 2.25. The number of carboxylic acid groups (broad SMARTS) is 1. The molecule has 1 rings (SSSR count). The normalized spacial score (nSPS) is 20.8. The van der Waals surface area contributed by atoms with Gasteiger partial charge in [-0.15, -0.1) is 0 Å². The molecule has 0 saturated heterocycles. The number of aliphatic carboxylic acids is 1. The Morgan fingerprint density at radius 2 is 2.36 bits per heavy atom. The summed E-state index contributed by atoms with van der Waals surface area (Å²) in [4.78, 5) is 10.4. The zero-order valence-electron chi connectivity index (χ0n) is 6.84. The molecular weight excluding hydrogens is 142 g/mol. The van der Waals surface area contributed by atoms with E-state index in [0.717, 1.165) is 12.5 Å². The third kappa shape index (κ3) is 2.50. The van der Waals surface area contributed by atoms with E-state index in [2.05, 4.69) is 5.32 Å². The molecule has 0 aromatic heterocycles. The number of nitrogens with one attached hydrogen (secondary N) is 1. The first-order chi connectivity index (χ1) is 5.20. The van der Waals surface area contributed by atoms with Crippen molar-refractivity contribution in [3.05, 3.63) is 0 Å². The van der Waals surface area contributed by atoms with E-state index < -0.39 is 12.0 Å². The van der Waals surface area contributed by atoms with Crippen molar-refractivity contribution in [3.63, 3.8) is 0 Å². The van der Waals surface area contributed by atoms with Crippen LogP contribution in [-0.4, -0.2) is 23.7 Å². The predicted octanol–water partition coefficient (Wildman–Crippen LogP) is 0.849. The predicted molar refractivity (Wildman–Crippen MR) is 42.4 cm³/mol. The summed E-state index contributed by atoms with van der Waals surface area (Å²) in [6.07, 6.45) is 3.84. The van der Waals surface area contributed by atoms with Gasteiger partial charge in [-0.1, -0.05) is 6.42 Å². The highest BCUT2D eigenvalue weighted by molar-refractivity contribution is 5.72. The smallest absolute Gasteiger partial charge is 0.320 e. The lowest BCUT2D eigenvalue weighted by atomic mass is 9.85. The van der Waals surface area contributed by atoms with Gasteiger partial charge in [-0.05, 0) is 32.2 Å². The lowest BCUT2D eigenvalue weighted by Gasteiger charge is -2.26. The molecule has 0 amide bonds. The van der Waals surface area contributed by atoms with Crippen molar-refractivity contribution in [1.82, 2.24) is 5.32 Å². The van der Waals surface area contributed by atoms with Crippen LogP contribution in [0.25, 0.3) is 0 Å². The first-order valence-electron chi connectivity index (χ1n) is 4.16. The number of rotatable bonds is 4. The van der Waals surface area contributed by atoms with Gasteiger partial charge in [0.1, 0.15) is 6.04 Å². The van der Waals surface area contributed by atoms with Gasteiger partial charge in [-0.3, -0.25) is 4.79 Å². The van der Waals surface area contributed by atoms with E-state index in [1.165, 1.54) is 19.3 Å². The maximum Gasteiger partial charge on any atom is 0.320 e. The minimum Gasteiger partial charge on any atom is -0.480 e. The second-order valence-corrected chi connectivity index (χ2v) is 3.27. The Bertz CT molecular complexity index is 143. The Balaban J connectivity index is 2.05. The van der Waals surface area contributed by atoms with Gasteiger partial charge in [0.25, 0.3) is 0 Å². The molecule has 2 N–H and O–H groups in total. The quantitative estimate of drug-likeness (QED) is 0.636. The van der Waals surface area contributed by atoms with Crippen LogP contribution >= 0.6 is 0 Å². The van der Waals surface area contributed by atoms with Gasteiger partial charge >= 0.3 is 5.97 Å². The van der Waals surface area contributed by atoms with E-state index in [0.29, 0.717) is 0 Å². The number of hydrogen-bond acceptors (Lipinski definition) is 2. The molecule has 0 bridgehead atoms. The van der Waals surface area contributed by atoms with Crippen LogP contribution in [0.1, 0.15) is 26.2 Å². The van der Waals surface area contributed by atoms with Crippen molar-refractivity contribution < 1.29 is 9.90 Å². The Morgan fingerprint density at radius 1 is 1.73 bits per heavy atom. The molecule has 1 unspecified atom stereocenters. The van der Waals surface area contributed by atoms with Crippen molar-refractivity contribution in [2.24, 2.45) is 5.92 Å². The van der Waals surface area contributed by atoms with Gasteiger partial charge in [0.2, 0.25) is 0 Å². The Labute approximate surface area is 66.8 Å². The van der Waals surface area contributed by atoms with Gasteiger partial charge in [0, 0.05) is 0 Å². The summed E-state index contributed by atoms with van der Waals surface area (Å²) >= 11 is 0. The molecule has 1 saturated carbocycles. The molecule has 1 aliphatic carbocycles. The second-order valence-electron chi connectivity index (χ2n) is 3.27. The van der Waals surface area contributed by atoms with E-state index in [1.807, 2.05) is 0 Å². The van der Waals surface area contributed by atoms with Crippen molar-refractivity contribution in [2.75, 3.05) is 6.54 Å². The maximum absolute atomic E-state index is 10.4. The topological polar surface area (TPSA) is 49.3 Å². The maximum atomic E-state index is 10.4. The van der Waals surface area contributed by atoms with Gasteiger partial charge in [-0.2, -0.15) is 0 Å². The standard InChI is InChI=1S/C8H15NO2/c1-6(8(10)11)9-5-7-3-2-4-7/h6-7,9H,2-5H2,1H3,(H,10,11). The van der Waals surface area contributed by atoms with E-state index in [4.69, 9.17) is 5.11 Å². The first-order valence-corrected chi connectivity index (χ1v) is 4.16. The van der Waals surface area contributed by atoms with Crippen LogP contribution in [0.5, 0.6) is 0 Å². The van der Waals surface area contributed by atoms with Crippen LogP contribution in [0.4, 0.5) is 0 Å². The highest BCUT2D eigenvalue weighted by atomic mass is 16.4. The van der Waals surface area contributed by atoms with E-state index in [9.17, 15) is 4.79 Å². The third-order valence-corrected chi connectivity index (χ3v) is 2.31. The van der Waals surface area contributed by atoms with Crippen molar-refractivity contribution in [1.29, 1.82) is 0 Å². The van der Waals surface area contributed by atoms with Crippen LogP contribution in [0.3, 0.4) is 0 Å². The summed E-state index contributed by atoms with van der Waals surface area (Å²) < 4.78 is 0. The van der Waals surface area contributed by atoms with Crippen LogP contribution in [-0.2, 0) is 4.79 Å². The Kier molecular flexibility index (Phi) is 2.88. The summed E-state index contributed by atoms with van der Waals surface area (Å²) in [6, 6.07) is -0.393. The molecule has 1 aliphatic rings. The monoisotopic (exact) mass is 157 g/mol. The summed E-state index contributed by atoms with van der Waals surface area (Å²) in [5.74, 6) is -0.0267. The molecule has 3 nitrogen and oxygen atoms in total. The lowest BCUT2D eigenvalue weighted by molar-refractivity contribution is -0.139. The minimum atomic E-state index is -0.760. The molecule has 1 atom stereocenters. The van der Waals surface area contributed by atoms with Gasteiger partial charge in [-0.25, -0.2) is 0 Å². The molecule has 64 valence electrons. The van der Waals surface area contributed by atoms with E-state index >= 15 is 0 Å². The number of carbonyl (C=O) groups is 1. The molecule has 0 spiro atoms. The third-order valence-electron chi connectivity index (χ3n) is 2.31. The fraction of sp³-hybridized carbons (Fsp3) is 0.875. The minimum absolute atomic E-state index is 0.393. The van der Waals surface area contributed by atoms with Crippen molar-refractivity contribution in [3.8, 4) is 0 Å². The zero-order chi connectivity index (χ0) is 8.27. The molecule has 1 fully saturated rings.